The number of aliphatic hydroxyl groups is 1. The van der Waals surface area contributed by atoms with Crippen molar-refractivity contribution in [3.63, 3.8) is 0 Å². The maximum absolute atomic E-state index is 9.57. The fraction of sp³-hybridized carbons (Fsp3) is 0.100. The van der Waals surface area contributed by atoms with Gasteiger partial charge in [0, 0.05) is 5.56 Å². The van der Waals surface area contributed by atoms with Crippen LogP contribution in [0.2, 0.25) is 0 Å². The Morgan fingerprint density at radius 2 is 2.19 bits per heavy atom. The molecule has 0 amide bonds. The molecule has 1 aromatic carbocycles. The van der Waals surface area contributed by atoms with Crippen molar-refractivity contribution in [2.24, 2.45) is 15.9 Å². The van der Waals surface area contributed by atoms with Crippen LogP contribution in [0.25, 0.3) is 5.70 Å². The molecule has 0 spiro atoms. The number of nitrogens with one attached hydrogen (secondary N) is 1. The lowest BCUT2D eigenvalue weighted by Gasteiger charge is -2.26. The first-order valence-corrected chi connectivity index (χ1v) is 4.65. The Balaban J connectivity index is 2.72. The van der Waals surface area contributed by atoms with E-state index in [-0.39, 0.29) is 5.70 Å². The number of hydrogen-bond acceptors (Lipinski definition) is 6. The molecule has 0 radical (unpaired) electrons. The summed E-state index contributed by atoms with van der Waals surface area (Å²) in [4.78, 5) is 4.26. The topological polar surface area (TPSA) is 98.1 Å². The second-order valence-corrected chi connectivity index (χ2v) is 3.33. The largest absolute Gasteiger partial charge is 0.491 e. The molecule has 0 aliphatic carbocycles. The van der Waals surface area contributed by atoms with Crippen molar-refractivity contribution in [2.75, 3.05) is 0 Å². The summed E-state index contributed by atoms with van der Waals surface area (Å²) in [5.74, 6) is 5.86. The van der Waals surface area contributed by atoms with Crippen LogP contribution in [0.5, 0.6) is 0 Å². The number of para-hydroxylation sites is 1. The number of benzene rings is 1. The molecule has 1 heterocycles. The Hall–Kier alpha value is -2.21. The van der Waals surface area contributed by atoms with Crippen molar-refractivity contribution in [3.05, 3.63) is 35.7 Å². The lowest BCUT2D eigenvalue weighted by atomic mass is 10.1. The minimum absolute atomic E-state index is 0.290. The van der Waals surface area contributed by atoms with Crippen molar-refractivity contribution >= 4 is 17.2 Å². The number of fused-ring (bicyclic) bond motifs is 1. The molecule has 0 atom stereocenters. The van der Waals surface area contributed by atoms with Crippen LogP contribution in [0.3, 0.4) is 0 Å². The van der Waals surface area contributed by atoms with E-state index in [1.165, 1.54) is 5.01 Å². The van der Waals surface area contributed by atoms with Crippen molar-refractivity contribution in [1.29, 1.82) is 5.53 Å². The van der Waals surface area contributed by atoms with Gasteiger partial charge in [0.05, 0.1) is 5.69 Å². The molecular weight excluding hydrogens is 206 g/mol. The van der Waals surface area contributed by atoms with Gasteiger partial charge in [0.2, 0.25) is 0 Å². The quantitative estimate of drug-likeness (QED) is 0.382. The molecule has 0 saturated heterocycles. The monoisotopic (exact) mass is 217 g/mol. The molecule has 0 aromatic heterocycles. The molecule has 0 unspecified atom stereocenters. The normalized spacial score (nSPS) is 17.6. The number of hydrogen-bond donors (Lipinski definition) is 3. The van der Waals surface area contributed by atoms with Crippen molar-refractivity contribution < 1.29 is 5.11 Å². The number of amidine groups is 1. The van der Waals surface area contributed by atoms with E-state index in [0.29, 0.717) is 17.1 Å². The van der Waals surface area contributed by atoms with Gasteiger partial charge >= 0.3 is 0 Å². The Kier molecular flexibility index (Phi) is 2.41. The highest BCUT2D eigenvalue weighted by molar-refractivity contribution is 5.96. The van der Waals surface area contributed by atoms with Gasteiger partial charge in [-0.15, -0.1) is 5.11 Å². The third-order valence-electron chi connectivity index (χ3n) is 2.35. The highest BCUT2D eigenvalue weighted by Crippen LogP contribution is 2.33. The predicted molar refractivity (Wildman–Crippen MR) is 59.9 cm³/mol. The van der Waals surface area contributed by atoms with Crippen LogP contribution in [-0.4, -0.2) is 16.0 Å². The highest BCUT2D eigenvalue weighted by atomic mass is 16.3. The molecule has 1 aliphatic rings. The molecule has 0 fully saturated rings. The second-order valence-electron chi connectivity index (χ2n) is 3.33. The Morgan fingerprint density at radius 1 is 1.50 bits per heavy atom. The van der Waals surface area contributed by atoms with E-state index in [1.54, 1.807) is 19.1 Å². The molecule has 4 N–H and O–H groups in total. The summed E-state index contributed by atoms with van der Waals surface area (Å²) in [6.45, 7) is 1.72. The summed E-state index contributed by atoms with van der Waals surface area (Å²) in [6, 6.07) is 7.22. The van der Waals surface area contributed by atoms with Crippen LogP contribution >= 0.6 is 0 Å². The van der Waals surface area contributed by atoms with Crippen LogP contribution in [0.4, 0.5) is 5.69 Å². The number of nitrogens with zero attached hydrogens (tertiary/aromatic N) is 3. The van der Waals surface area contributed by atoms with E-state index >= 15 is 0 Å². The lowest BCUT2D eigenvalue weighted by molar-refractivity contribution is 0.386. The summed E-state index contributed by atoms with van der Waals surface area (Å²) in [5.41, 5.74) is 8.48. The van der Waals surface area contributed by atoms with Gasteiger partial charge in [-0.3, -0.25) is 5.01 Å². The first-order chi connectivity index (χ1) is 7.65. The van der Waals surface area contributed by atoms with Crippen LogP contribution in [0.15, 0.2) is 40.3 Å². The third-order valence-corrected chi connectivity index (χ3v) is 2.35. The Bertz CT molecular complexity index is 506. The van der Waals surface area contributed by atoms with E-state index in [9.17, 15) is 5.11 Å². The van der Waals surface area contributed by atoms with E-state index in [0.717, 1.165) is 0 Å². The maximum Gasteiger partial charge on any atom is 0.256 e. The first kappa shape index (κ1) is 10.3. The summed E-state index contributed by atoms with van der Waals surface area (Å²) in [6.07, 6.45) is 0. The van der Waals surface area contributed by atoms with E-state index in [4.69, 9.17) is 11.4 Å². The van der Waals surface area contributed by atoms with Crippen molar-refractivity contribution in [3.8, 4) is 0 Å². The molecule has 16 heavy (non-hydrogen) atoms. The molecule has 82 valence electrons. The average molecular weight is 217 g/mol. The standard InChI is InChI=1S/C10H11N5O/c1-6-13-8-5-3-2-4-7(8)9(15(6)12)10(16)14-11/h2-5,11,16H,12H2,1H3/b10-9+,14-11?. The summed E-state index contributed by atoms with van der Waals surface area (Å²) >= 11 is 0. The lowest BCUT2D eigenvalue weighted by Crippen LogP contribution is -2.36. The molecular formula is C10H11N5O. The molecule has 6 heteroatoms. The molecule has 6 nitrogen and oxygen atoms in total. The van der Waals surface area contributed by atoms with Crippen LogP contribution in [-0.2, 0) is 0 Å². The van der Waals surface area contributed by atoms with Gasteiger partial charge in [0.25, 0.3) is 5.88 Å². The summed E-state index contributed by atoms with van der Waals surface area (Å²) in [5, 5.41) is 13.8. The zero-order chi connectivity index (χ0) is 11.7. The number of hydrazine groups is 1. The highest BCUT2D eigenvalue weighted by Gasteiger charge is 2.23. The van der Waals surface area contributed by atoms with Gasteiger partial charge in [0.1, 0.15) is 11.5 Å². The van der Waals surface area contributed by atoms with E-state index in [2.05, 4.69) is 10.1 Å². The van der Waals surface area contributed by atoms with Gasteiger partial charge in [0.15, 0.2) is 0 Å². The number of nitrogens with two attached hydrogens (primary N) is 1. The zero-order valence-electron chi connectivity index (χ0n) is 8.68. The Morgan fingerprint density at radius 3 is 2.88 bits per heavy atom. The molecule has 1 aliphatic heterocycles. The zero-order valence-corrected chi connectivity index (χ0v) is 8.68. The second kappa shape index (κ2) is 3.74. The SMILES string of the molecule is CC1=Nc2ccccc2/C(=C(\O)N=N)N1N. The van der Waals surface area contributed by atoms with Gasteiger partial charge in [-0.05, 0) is 13.0 Å². The molecule has 2 rings (SSSR count). The molecule has 0 saturated carbocycles. The van der Waals surface area contributed by atoms with E-state index in [1.807, 2.05) is 12.1 Å². The summed E-state index contributed by atoms with van der Waals surface area (Å²) in [7, 11) is 0. The minimum Gasteiger partial charge on any atom is -0.491 e. The van der Waals surface area contributed by atoms with Gasteiger partial charge in [-0.2, -0.15) is 0 Å². The van der Waals surface area contributed by atoms with Crippen LogP contribution < -0.4 is 5.84 Å². The smallest absolute Gasteiger partial charge is 0.256 e. The maximum atomic E-state index is 9.57. The minimum atomic E-state index is -0.427. The number of aliphatic hydroxyl groups excluding tert-OH is 1. The Labute approximate surface area is 92.2 Å². The predicted octanol–water partition coefficient (Wildman–Crippen LogP) is 2.14. The van der Waals surface area contributed by atoms with Gasteiger partial charge in [-0.1, -0.05) is 18.2 Å². The third kappa shape index (κ3) is 1.45. The molecule has 1 aromatic rings. The van der Waals surface area contributed by atoms with E-state index < -0.39 is 5.88 Å². The van der Waals surface area contributed by atoms with Crippen LogP contribution in [0.1, 0.15) is 12.5 Å². The van der Waals surface area contributed by atoms with Crippen molar-refractivity contribution in [1.82, 2.24) is 5.01 Å². The van der Waals surface area contributed by atoms with Crippen LogP contribution in [0, 0.1) is 5.53 Å². The first-order valence-electron chi connectivity index (χ1n) is 4.65. The van der Waals surface area contributed by atoms with Crippen molar-refractivity contribution in [2.45, 2.75) is 6.92 Å². The van der Waals surface area contributed by atoms with Gasteiger partial charge in [-0.25, -0.2) is 16.4 Å². The summed E-state index contributed by atoms with van der Waals surface area (Å²) < 4.78 is 0. The average Bonchev–Trinajstić information content (AvgIpc) is 2.30. The molecule has 0 bridgehead atoms. The number of aliphatic imine (C=N–C) groups is 1. The fourth-order valence-electron chi connectivity index (χ4n) is 1.57. The van der Waals surface area contributed by atoms with Gasteiger partial charge < -0.3 is 5.11 Å². The number of rotatable bonds is 1. The fourth-order valence-corrected chi connectivity index (χ4v) is 1.57.